The van der Waals surface area contributed by atoms with Crippen LogP contribution in [0.1, 0.15) is 26.2 Å². The van der Waals surface area contributed by atoms with Crippen molar-refractivity contribution in [3.05, 3.63) is 24.3 Å². The molecule has 2 fully saturated rings. The second-order valence-electron chi connectivity index (χ2n) is 7.40. The van der Waals surface area contributed by atoms with Gasteiger partial charge in [0.1, 0.15) is 11.8 Å². The largest absolute Gasteiger partial charge is 0.494 e. The molecule has 3 N–H and O–H groups in total. The molecule has 2 unspecified atom stereocenters. The van der Waals surface area contributed by atoms with Gasteiger partial charge < -0.3 is 10.1 Å². The molecule has 1 aromatic carbocycles. The van der Waals surface area contributed by atoms with Crippen LogP contribution in [0.3, 0.4) is 0 Å². The Bertz CT molecular complexity index is 970. The third kappa shape index (κ3) is 4.70. The van der Waals surface area contributed by atoms with E-state index in [1.54, 1.807) is 6.26 Å². The zero-order valence-electron chi connectivity index (χ0n) is 17.7. The van der Waals surface area contributed by atoms with Crippen molar-refractivity contribution in [3.8, 4) is 5.75 Å². The number of hydrogen-bond acceptors (Lipinski definition) is 8. The summed E-state index contributed by atoms with van der Waals surface area (Å²) in [5, 5.41) is 10.9. The molecule has 3 atom stereocenters. The van der Waals surface area contributed by atoms with Gasteiger partial charge in [-0.1, -0.05) is 13.3 Å². The normalized spacial score (nSPS) is 24.0. The summed E-state index contributed by atoms with van der Waals surface area (Å²) in [5.41, 5.74) is 1.48. The predicted octanol–water partition coefficient (Wildman–Crippen LogP) is 0.743. The molecule has 0 saturated carbocycles. The first-order valence-corrected chi connectivity index (χ1v) is 12.8. The summed E-state index contributed by atoms with van der Waals surface area (Å²) >= 11 is 1.14. The highest BCUT2D eigenvalue weighted by Crippen LogP contribution is 2.32. The number of carbonyl (C=O) groups excluding carboxylic acids is 3. The second-order valence-corrected chi connectivity index (χ2v) is 10.2. The third-order valence-corrected chi connectivity index (χ3v) is 8.06. The van der Waals surface area contributed by atoms with Gasteiger partial charge in [0.2, 0.25) is 10.0 Å². The number of ether oxygens (including phenoxy) is 1. The molecule has 4 amide bonds. The van der Waals surface area contributed by atoms with Gasteiger partial charge in [-0.05, 0) is 43.4 Å². The van der Waals surface area contributed by atoms with Crippen molar-refractivity contribution < 1.29 is 32.7 Å². The van der Waals surface area contributed by atoms with Gasteiger partial charge in [-0.2, -0.15) is 4.31 Å². The quantitative estimate of drug-likeness (QED) is 0.201. The summed E-state index contributed by atoms with van der Waals surface area (Å²) in [7, 11) is -4.17. The standard InChI is InChI=1S/C19H26N4O7S2/c1-3-4-9-30-13-5-7-14(8-6-13)32(28,29)22-11-12(10-15(22)16(24)21-27)23-18(25)17(31-2)20-19(23)26/h5-8,12,15,17,27H,3-4,9-11H2,1-2H3,(H,20,26)(H,21,24)/t12?,15-,17?/m1/s1. The van der Waals surface area contributed by atoms with E-state index < -0.39 is 45.3 Å². The van der Waals surface area contributed by atoms with Crippen LogP contribution in [0, 0.1) is 0 Å². The Morgan fingerprint density at radius 3 is 2.56 bits per heavy atom. The molecule has 2 aliphatic rings. The topological polar surface area (TPSA) is 145 Å². The van der Waals surface area contributed by atoms with Gasteiger partial charge in [0.05, 0.1) is 17.5 Å². The van der Waals surface area contributed by atoms with E-state index in [2.05, 4.69) is 5.32 Å². The number of imide groups is 1. The van der Waals surface area contributed by atoms with Crippen molar-refractivity contribution in [2.24, 2.45) is 0 Å². The van der Waals surface area contributed by atoms with Crippen LogP contribution < -0.4 is 15.5 Å². The van der Waals surface area contributed by atoms with Crippen molar-refractivity contribution in [2.75, 3.05) is 19.4 Å². The minimum Gasteiger partial charge on any atom is -0.494 e. The Labute approximate surface area is 190 Å². The predicted molar refractivity (Wildman–Crippen MR) is 116 cm³/mol. The Balaban J connectivity index is 1.84. The maximum absolute atomic E-state index is 13.3. The first-order valence-electron chi connectivity index (χ1n) is 10.1. The van der Waals surface area contributed by atoms with Crippen LogP contribution in [0.2, 0.25) is 0 Å². The number of hydroxylamine groups is 1. The number of amides is 4. The molecule has 3 rings (SSSR count). The lowest BCUT2D eigenvalue weighted by Crippen LogP contribution is -2.45. The fourth-order valence-electron chi connectivity index (χ4n) is 3.70. The third-order valence-electron chi connectivity index (χ3n) is 5.38. The van der Waals surface area contributed by atoms with E-state index >= 15 is 0 Å². The fraction of sp³-hybridized carbons (Fsp3) is 0.526. The number of urea groups is 1. The number of hydrogen-bond donors (Lipinski definition) is 3. The number of unbranched alkanes of at least 4 members (excludes halogenated alkanes) is 1. The highest BCUT2D eigenvalue weighted by molar-refractivity contribution is 7.99. The van der Waals surface area contributed by atoms with E-state index in [0.29, 0.717) is 12.4 Å². The van der Waals surface area contributed by atoms with E-state index in [-0.39, 0.29) is 17.9 Å². The molecule has 32 heavy (non-hydrogen) atoms. The van der Waals surface area contributed by atoms with E-state index in [0.717, 1.165) is 33.8 Å². The van der Waals surface area contributed by atoms with Crippen LogP contribution in [-0.4, -0.2) is 77.5 Å². The minimum absolute atomic E-state index is 0.0732. The van der Waals surface area contributed by atoms with Crippen molar-refractivity contribution in [1.82, 2.24) is 20.0 Å². The number of thioether (sulfide) groups is 1. The number of benzene rings is 1. The van der Waals surface area contributed by atoms with Crippen molar-refractivity contribution in [3.63, 3.8) is 0 Å². The second kappa shape index (κ2) is 10.1. The molecule has 1 aromatic rings. The first-order chi connectivity index (χ1) is 15.2. The molecule has 2 saturated heterocycles. The van der Waals surface area contributed by atoms with Crippen LogP contribution in [0.15, 0.2) is 29.2 Å². The number of nitrogens with one attached hydrogen (secondary N) is 2. The van der Waals surface area contributed by atoms with Gasteiger partial charge >= 0.3 is 6.03 Å². The van der Waals surface area contributed by atoms with Gasteiger partial charge in [-0.3, -0.25) is 19.7 Å². The zero-order valence-corrected chi connectivity index (χ0v) is 19.3. The molecular weight excluding hydrogens is 460 g/mol. The van der Waals surface area contributed by atoms with Crippen molar-refractivity contribution in [1.29, 1.82) is 0 Å². The maximum Gasteiger partial charge on any atom is 0.325 e. The van der Waals surface area contributed by atoms with E-state index in [1.165, 1.54) is 29.7 Å². The lowest BCUT2D eigenvalue weighted by molar-refractivity contribution is -0.133. The fourth-order valence-corrected chi connectivity index (χ4v) is 5.87. The lowest BCUT2D eigenvalue weighted by Gasteiger charge is -2.23. The molecule has 0 radical (unpaired) electrons. The summed E-state index contributed by atoms with van der Waals surface area (Å²) in [6.07, 6.45) is 3.36. The van der Waals surface area contributed by atoms with E-state index in [4.69, 9.17) is 9.94 Å². The van der Waals surface area contributed by atoms with Crippen LogP contribution in [0.5, 0.6) is 5.75 Å². The monoisotopic (exact) mass is 486 g/mol. The molecule has 2 heterocycles. The van der Waals surface area contributed by atoms with Crippen LogP contribution in [0.4, 0.5) is 4.79 Å². The molecule has 0 aromatic heterocycles. The molecule has 2 aliphatic heterocycles. The highest BCUT2D eigenvalue weighted by Gasteiger charge is 2.51. The first kappa shape index (κ1) is 24.3. The Kier molecular flexibility index (Phi) is 7.64. The summed E-state index contributed by atoms with van der Waals surface area (Å²) in [6, 6.07) is 3.01. The van der Waals surface area contributed by atoms with Crippen molar-refractivity contribution >= 4 is 39.6 Å². The number of rotatable bonds is 9. The average Bonchev–Trinajstić information content (AvgIpc) is 3.34. The highest BCUT2D eigenvalue weighted by atomic mass is 32.2. The van der Waals surface area contributed by atoms with E-state index in [9.17, 15) is 22.8 Å². The van der Waals surface area contributed by atoms with E-state index in [1.807, 2.05) is 6.92 Å². The van der Waals surface area contributed by atoms with Gasteiger partial charge in [0.15, 0.2) is 5.37 Å². The number of sulfonamides is 1. The number of nitrogens with zero attached hydrogens (tertiary/aromatic N) is 2. The summed E-state index contributed by atoms with van der Waals surface area (Å²) < 4.78 is 33.0. The Morgan fingerprint density at radius 2 is 2.00 bits per heavy atom. The van der Waals surface area contributed by atoms with Crippen molar-refractivity contribution in [2.45, 2.75) is 48.5 Å². The number of carbonyl (C=O) groups is 3. The molecule has 0 bridgehead atoms. The summed E-state index contributed by atoms with van der Waals surface area (Å²) in [4.78, 5) is 38.0. The summed E-state index contributed by atoms with van der Waals surface area (Å²) in [5.74, 6) is -0.920. The van der Waals surface area contributed by atoms with Crippen LogP contribution in [0.25, 0.3) is 0 Å². The van der Waals surface area contributed by atoms with Gasteiger partial charge in [0.25, 0.3) is 11.8 Å². The SMILES string of the molecule is CCCCOc1ccc(S(=O)(=O)N2CC(N3C(=O)NC(SC)C3=O)C[C@@H]2C(=O)NO)cc1. The molecule has 0 aliphatic carbocycles. The van der Waals surface area contributed by atoms with Gasteiger partial charge in [-0.15, -0.1) is 11.8 Å². The molecule has 13 heteroatoms. The molecule has 176 valence electrons. The molecular formula is C19H26N4O7S2. The smallest absolute Gasteiger partial charge is 0.325 e. The minimum atomic E-state index is -4.17. The van der Waals surface area contributed by atoms with Gasteiger partial charge in [0, 0.05) is 6.54 Å². The van der Waals surface area contributed by atoms with Crippen LogP contribution >= 0.6 is 11.8 Å². The average molecular weight is 487 g/mol. The lowest BCUT2D eigenvalue weighted by atomic mass is 10.1. The Morgan fingerprint density at radius 1 is 1.31 bits per heavy atom. The Hall–Kier alpha value is -2.35. The molecule has 0 spiro atoms. The zero-order chi connectivity index (χ0) is 23.5. The van der Waals surface area contributed by atoms with Gasteiger partial charge in [-0.25, -0.2) is 18.7 Å². The maximum atomic E-state index is 13.3. The molecule has 11 nitrogen and oxygen atoms in total. The van der Waals surface area contributed by atoms with Crippen LogP contribution in [-0.2, 0) is 19.6 Å². The summed E-state index contributed by atoms with van der Waals surface area (Å²) in [6.45, 7) is 2.27.